The number of aliphatic carboxylic acids is 1. The van der Waals surface area contributed by atoms with Crippen LogP contribution in [0.3, 0.4) is 0 Å². The van der Waals surface area contributed by atoms with Gasteiger partial charge in [0.25, 0.3) is 0 Å². The molecule has 0 spiro atoms. The number of methoxy groups -OCH3 is 1. The van der Waals surface area contributed by atoms with Crippen molar-refractivity contribution in [3.8, 4) is 22.6 Å². The van der Waals surface area contributed by atoms with Crippen molar-refractivity contribution < 1.29 is 32.5 Å². The lowest BCUT2D eigenvalue weighted by atomic mass is 9.91. The summed E-state index contributed by atoms with van der Waals surface area (Å²) in [5.74, 6) is 1.40. The summed E-state index contributed by atoms with van der Waals surface area (Å²) in [7, 11) is 1.57. The zero-order chi connectivity index (χ0) is 28.3. The Morgan fingerprint density at radius 1 is 1.05 bits per heavy atom. The highest BCUT2D eigenvalue weighted by Gasteiger charge is 2.34. The maximum absolute atomic E-state index is 13.3. The summed E-state index contributed by atoms with van der Waals surface area (Å²) in [6.07, 6.45) is 0.682. The van der Waals surface area contributed by atoms with E-state index in [0.717, 1.165) is 61.8 Å². The van der Waals surface area contributed by atoms with E-state index in [1.165, 1.54) is 6.20 Å². The maximum atomic E-state index is 13.3. The molecule has 2 aliphatic rings. The standard InChI is InChI=1S/C31H33F3N2O4.H2S/c1-39-24-7-8-26(23-9-12-35-29(16-23)31(32,33)34)28(17-24)36-13-10-20(11-14-36)19-40-25-4-2-3-22(15-25)27(18-30(37)38)21-5-6-21;/h2-4,7-9,12,15-17,20-21,27H,5-6,10-11,13-14,18-19H2,1H3,(H,37,38);1H2/t27-;/m0./s1. The van der Waals surface area contributed by atoms with Crippen LogP contribution in [0.15, 0.2) is 60.8 Å². The highest BCUT2D eigenvalue weighted by Crippen LogP contribution is 2.45. The SMILES string of the molecule is COc1ccc(-c2ccnc(C(F)(F)F)c2)c(N2CCC(COc3cccc([C@@H](CC(=O)O)C4CC4)c3)CC2)c1.S. The predicted molar refractivity (Wildman–Crippen MR) is 156 cm³/mol. The monoisotopic (exact) mass is 588 g/mol. The number of rotatable bonds is 10. The van der Waals surface area contributed by atoms with Gasteiger partial charge in [-0.25, -0.2) is 0 Å². The van der Waals surface area contributed by atoms with Crippen LogP contribution in [0, 0.1) is 11.8 Å². The number of hydrogen-bond acceptors (Lipinski definition) is 5. The first-order chi connectivity index (χ1) is 19.2. The molecule has 2 aromatic carbocycles. The molecule has 1 saturated carbocycles. The fraction of sp³-hybridized carbons (Fsp3) is 0.419. The molecule has 1 saturated heterocycles. The van der Waals surface area contributed by atoms with Gasteiger partial charge in [0.1, 0.15) is 17.2 Å². The molecule has 2 fully saturated rings. The van der Waals surface area contributed by atoms with E-state index >= 15 is 0 Å². The normalized spacial score (nSPS) is 16.5. The molecule has 0 amide bonds. The summed E-state index contributed by atoms with van der Waals surface area (Å²) in [5, 5.41) is 9.33. The summed E-state index contributed by atoms with van der Waals surface area (Å²) >= 11 is 0. The van der Waals surface area contributed by atoms with Crippen LogP contribution >= 0.6 is 13.5 Å². The Morgan fingerprint density at radius 2 is 1.80 bits per heavy atom. The first-order valence-electron chi connectivity index (χ1n) is 13.6. The number of alkyl halides is 3. The molecule has 220 valence electrons. The Balaban J connectivity index is 0.00000387. The highest BCUT2D eigenvalue weighted by molar-refractivity contribution is 7.59. The van der Waals surface area contributed by atoms with Crippen molar-refractivity contribution >= 4 is 25.2 Å². The van der Waals surface area contributed by atoms with Crippen molar-refractivity contribution in [3.63, 3.8) is 0 Å². The van der Waals surface area contributed by atoms with E-state index in [1.54, 1.807) is 25.3 Å². The topological polar surface area (TPSA) is 71.9 Å². The summed E-state index contributed by atoms with van der Waals surface area (Å²) in [6.45, 7) is 2.01. The van der Waals surface area contributed by atoms with Crippen LogP contribution in [0.2, 0.25) is 0 Å². The maximum Gasteiger partial charge on any atom is 0.433 e. The average molecular weight is 589 g/mol. The van der Waals surface area contributed by atoms with Crippen molar-refractivity contribution in [2.24, 2.45) is 11.8 Å². The number of ether oxygens (including phenoxy) is 2. The van der Waals surface area contributed by atoms with Gasteiger partial charge in [0.05, 0.1) is 20.1 Å². The van der Waals surface area contributed by atoms with Crippen LogP contribution < -0.4 is 14.4 Å². The molecule has 6 nitrogen and oxygen atoms in total. The smallest absolute Gasteiger partial charge is 0.433 e. The number of nitrogens with zero attached hydrogens (tertiary/aromatic N) is 2. The lowest BCUT2D eigenvalue weighted by Crippen LogP contribution is -2.35. The molecule has 1 aliphatic carbocycles. The fourth-order valence-corrected chi connectivity index (χ4v) is 5.53. The van der Waals surface area contributed by atoms with Crippen LogP contribution in [0.5, 0.6) is 11.5 Å². The average Bonchev–Trinajstić information content (AvgIpc) is 3.80. The van der Waals surface area contributed by atoms with Crippen LogP contribution in [0.1, 0.15) is 49.3 Å². The minimum atomic E-state index is -4.52. The summed E-state index contributed by atoms with van der Waals surface area (Å²) in [6, 6.07) is 15.9. The van der Waals surface area contributed by atoms with Gasteiger partial charge >= 0.3 is 12.1 Å². The van der Waals surface area contributed by atoms with Gasteiger partial charge in [0.2, 0.25) is 0 Å². The Morgan fingerprint density at radius 3 is 2.46 bits per heavy atom. The Bertz CT molecular complexity index is 1340. The summed E-state index contributed by atoms with van der Waals surface area (Å²) in [4.78, 5) is 17.1. The number of carboxylic acid groups (broad SMARTS) is 1. The number of benzene rings is 2. The summed E-state index contributed by atoms with van der Waals surface area (Å²) in [5.41, 5.74) is 2.09. The molecule has 1 atom stereocenters. The van der Waals surface area contributed by atoms with E-state index in [2.05, 4.69) is 9.88 Å². The van der Waals surface area contributed by atoms with Gasteiger partial charge in [-0.1, -0.05) is 12.1 Å². The largest absolute Gasteiger partial charge is 0.497 e. The number of piperidine rings is 1. The zero-order valence-corrected chi connectivity index (χ0v) is 23.9. The Kier molecular flexibility index (Phi) is 9.73. The number of carboxylic acids is 1. The molecule has 1 N–H and O–H groups in total. The summed E-state index contributed by atoms with van der Waals surface area (Å²) < 4.78 is 51.5. The second-order valence-electron chi connectivity index (χ2n) is 10.7. The molecule has 41 heavy (non-hydrogen) atoms. The van der Waals surface area contributed by atoms with Gasteiger partial charge in [-0.15, -0.1) is 0 Å². The number of pyridine rings is 1. The number of hydrogen-bond donors (Lipinski definition) is 1. The van der Waals surface area contributed by atoms with E-state index in [0.29, 0.717) is 35.3 Å². The molecule has 5 rings (SSSR count). The van der Waals surface area contributed by atoms with Crippen molar-refractivity contribution in [2.45, 2.75) is 44.2 Å². The molecule has 3 aromatic rings. The number of anilines is 1. The molecular weight excluding hydrogens is 553 g/mol. The molecule has 0 bridgehead atoms. The lowest BCUT2D eigenvalue weighted by molar-refractivity contribution is -0.141. The van der Waals surface area contributed by atoms with Crippen molar-refractivity contribution in [1.82, 2.24) is 4.98 Å². The van der Waals surface area contributed by atoms with Crippen molar-refractivity contribution in [2.75, 3.05) is 31.7 Å². The molecule has 1 aliphatic heterocycles. The van der Waals surface area contributed by atoms with E-state index in [-0.39, 0.29) is 25.8 Å². The lowest BCUT2D eigenvalue weighted by Gasteiger charge is -2.35. The van der Waals surface area contributed by atoms with Crippen LogP contribution in [-0.2, 0) is 11.0 Å². The quantitative estimate of drug-likeness (QED) is 0.271. The van der Waals surface area contributed by atoms with E-state index in [9.17, 15) is 23.1 Å². The van der Waals surface area contributed by atoms with Gasteiger partial charge in [0, 0.05) is 36.6 Å². The second-order valence-corrected chi connectivity index (χ2v) is 10.7. The molecular formula is C31H35F3N2O4S. The first-order valence-corrected chi connectivity index (χ1v) is 13.6. The highest BCUT2D eigenvalue weighted by atomic mass is 32.1. The second kappa shape index (κ2) is 13.1. The zero-order valence-electron chi connectivity index (χ0n) is 22.9. The van der Waals surface area contributed by atoms with Gasteiger partial charge in [0.15, 0.2) is 0 Å². The molecule has 2 heterocycles. The molecule has 10 heteroatoms. The van der Waals surface area contributed by atoms with Crippen molar-refractivity contribution in [1.29, 1.82) is 0 Å². The van der Waals surface area contributed by atoms with Crippen LogP contribution in [0.4, 0.5) is 18.9 Å². The van der Waals surface area contributed by atoms with Gasteiger partial charge in [-0.2, -0.15) is 26.7 Å². The van der Waals surface area contributed by atoms with E-state index in [1.807, 2.05) is 30.3 Å². The molecule has 0 radical (unpaired) electrons. The predicted octanol–water partition coefficient (Wildman–Crippen LogP) is 7.15. The number of aromatic nitrogens is 1. The number of carbonyl (C=O) groups is 1. The minimum Gasteiger partial charge on any atom is -0.497 e. The van der Waals surface area contributed by atoms with Gasteiger partial charge in [-0.3, -0.25) is 9.78 Å². The first kappa shape index (κ1) is 30.6. The third-order valence-electron chi connectivity index (χ3n) is 7.88. The number of halogens is 3. The fourth-order valence-electron chi connectivity index (χ4n) is 5.53. The Labute approximate surface area is 244 Å². The van der Waals surface area contributed by atoms with Gasteiger partial charge < -0.3 is 19.5 Å². The van der Waals surface area contributed by atoms with E-state index in [4.69, 9.17) is 9.47 Å². The van der Waals surface area contributed by atoms with Crippen LogP contribution in [-0.4, -0.2) is 42.9 Å². The third-order valence-corrected chi connectivity index (χ3v) is 7.88. The van der Waals surface area contributed by atoms with Gasteiger partial charge in [-0.05, 0) is 91.0 Å². The Hall–Kier alpha value is -3.40. The molecule has 1 aromatic heterocycles. The third kappa shape index (κ3) is 7.67. The minimum absolute atomic E-state index is 0. The van der Waals surface area contributed by atoms with Crippen LogP contribution in [0.25, 0.3) is 11.1 Å². The van der Waals surface area contributed by atoms with Crippen molar-refractivity contribution in [3.05, 3.63) is 72.1 Å². The molecule has 0 unspecified atom stereocenters. The van der Waals surface area contributed by atoms with E-state index < -0.39 is 17.8 Å².